The van der Waals surface area contributed by atoms with Crippen molar-refractivity contribution < 1.29 is 14.4 Å². The summed E-state index contributed by atoms with van der Waals surface area (Å²) in [5.41, 5.74) is 2.83. The third-order valence-electron chi connectivity index (χ3n) is 5.17. The van der Waals surface area contributed by atoms with Crippen LogP contribution >= 0.6 is 11.6 Å². The number of rotatable bonds is 3. The molecule has 4 rings (SSSR count). The van der Waals surface area contributed by atoms with Crippen molar-refractivity contribution >= 4 is 29.1 Å². The molecule has 27 heavy (non-hydrogen) atoms. The Labute approximate surface area is 163 Å². The van der Waals surface area contributed by atoms with E-state index in [4.69, 9.17) is 16.4 Å². The van der Waals surface area contributed by atoms with Gasteiger partial charge in [-0.1, -0.05) is 41.4 Å². The lowest BCUT2D eigenvalue weighted by atomic mass is 9.90. The fourth-order valence-electron chi connectivity index (χ4n) is 3.86. The Bertz CT molecular complexity index is 879. The maximum absolute atomic E-state index is 13.1. The standard InChI is InChI=1S/C21H21ClN2O3/c1-12(2)23-20(25)17-18(14-6-4-13(3)5-7-14)24(27-19(17)21(23)26)16-10-8-15(22)9-11-16/h4-12,17-19H,1-3H3/t17-,18-,19+/m0/s1. The van der Waals surface area contributed by atoms with Crippen LogP contribution in [0.2, 0.25) is 5.02 Å². The highest BCUT2D eigenvalue weighted by Crippen LogP contribution is 2.47. The van der Waals surface area contributed by atoms with Gasteiger partial charge in [-0.15, -0.1) is 0 Å². The summed E-state index contributed by atoms with van der Waals surface area (Å²) in [6, 6.07) is 14.6. The maximum Gasteiger partial charge on any atom is 0.262 e. The highest BCUT2D eigenvalue weighted by Gasteiger charge is 2.60. The molecule has 0 N–H and O–H groups in total. The predicted octanol–water partition coefficient (Wildman–Crippen LogP) is 3.90. The van der Waals surface area contributed by atoms with Gasteiger partial charge in [-0.3, -0.25) is 19.3 Å². The van der Waals surface area contributed by atoms with Gasteiger partial charge in [0.1, 0.15) is 5.92 Å². The molecule has 2 aromatic rings. The summed E-state index contributed by atoms with van der Waals surface area (Å²) in [6.07, 6.45) is -0.804. The average Bonchev–Trinajstić information content (AvgIpc) is 3.13. The summed E-state index contributed by atoms with van der Waals surface area (Å²) in [4.78, 5) is 33.3. The lowest BCUT2D eigenvalue weighted by molar-refractivity contribution is -0.145. The van der Waals surface area contributed by atoms with E-state index in [0.717, 1.165) is 16.8 Å². The largest absolute Gasteiger partial charge is 0.277 e. The summed E-state index contributed by atoms with van der Waals surface area (Å²) >= 11 is 6.01. The van der Waals surface area contributed by atoms with E-state index >= 15 is 0 Å². The average molecular weight is 385 g/mol. The zero-order valence-corrected chi connectivity index (χ0v) is 16.2. The highest BCUT2D eigenvalue weighted by atomic mass is 35.5. The van der Waals surface area contributed by atoms with Crippen LogP contribution in [0.15, 0.2) is 48.5 Å². The van der Waals surface area contributed by atoms with Gasteiger partial charge in [-0.05, 0) is 50.6 Å². The number of carbonyl (C=O) groups excluding carboxylic acids is 2. The molecule has 5 nitrogen and oxygen atoms in total. The molecule has 0 aliphatic carbocycles. The van der Waals surface area contributed by atoms with Gasteiger partial charge in [0.15, 0.2) is 6.10 Å². The van der Waals surface area contributed by atoms with Crippen LogP contribution in [0.4, 0.5) is 5.69 Å². The van der Waals surface area contributed by atoms with Crippen LogP contribution in [0.1, 0.15) is 31.0 Å². The van der Waals surface area contributed by atoms with E-state index in [1.54, 1.807) is 17.2 Å². The van der Waals surface area contributed by atoms with E-state index in [2.05, 4.69) is 0 Å². The summed E-state index contributed by atoms with van der Waals surface area (Å²) in [6.45, 7) is 5.70. The zero-order chi connectivity index (χ0) is 19.3. The molecule has 0 spiro atoms. The topological polar surface area (TPSA) is 49.9 Å². The number of imide groups is 1. The molecule has 0 unspecified atom stereocenters. The summed E-state index contributed by atoms with van der Waals surface area (Å²) < 4.78 is 0. The smallest absolute Gasteiger partial charge is 0.262 e. The molecule has 2 fully saturated rings. The molecular formula is C21H21ClN2O3. The molecule has 6 heteroatoms. The van der Waals surface area contributed by atoms with Crippen LogP contribution < -0.4 is 5.06 Å². The second-order valence-electron chi connectivity index (χ2n) is 7.35. The second kappa shape index (κ2) is 6.66. The van der Waals surface area contributed by atoms with Crippen molar-refractivity contribution in [2.24, 2.45) is 5.92 Å². The normalized spacial score (nSPS) is 24.9. The molecule has 3 atom stereocenters. The van der Waals surface area contributed by atoms with Crippen LogP contribution in [0.3, 0.4) is 0 Å². The van der Waals surface area contributed by atoms with Crippen LogP contribution in [-0.4, -0.2) is 28.9 Å². The first-order chi connectivity index (χ1) is 12.9. The van der Waals surface area contributed by atoms with E-state index in [0.29, 0.717) is 5.02 Å². The molecule has 0 radical (unpaired) electrons. The van der Waals surface area contributed by atoms with Gasteiger partial charge in [-0.25, -0.2) is 5.06 Å². The first kappa shape index (κ1) is 18.0. The molecular weight excluding hydrogens is 364 g/mol. The molecule has 2 heterocycles. The van der Waals surface area contributed by atoms with Crippen molar-refractivity contribution in [2.45, 2.75) is 39.0 Å². The van der Waals surface area contributed by atoms with E-state index in [-0.39, 0.29) is 23.9 Å². The van der Waals surface area contributed by atoms with E-state index in [1.165, 1.54) is 4.90 Å². The van der Waals surface area contributed by atoms with E-state index < -0.39 is 12.0 Å². The molecule has 2 aliphatic rings. The number of benzene rings is 2. The molecule has 2 saturated heterocycles. The predicted molar refractivity (Wildman–Crippen MR) is 103 cm³/mol. The molecule has 140 valence electrons. The van der Waals surface area contributed by atoms with Gasteiger partial charge in [-0.2, -0.15) is 0 Å². The Hall–Kier alpha value is -2.37. The van der Waals surface area contributed by atoms with Gasteiger partial charge in [0.25, 0.3) is 5.91 Å². The number of nitrogens with zero attached hydrogens (tertiary/aromatic N) is 2. The van der Waals surface area contributed by atoms with Crippen molar-refractivity contribution in [2.75, 3.05) is 5.06 Å². The van der Waals surface area contributed by atoms with E-state index in [1.807, 2.05) is 57.2 Å². The Kier molecular flexibility index (Phi) is 4.44. The number of amides is 2. The minimum absolute atomic E-state index is 0.179. The molecule has 2 aliphatic heterocycles. The number of halogens is 1. The first-order valence-electron chi connectivity index (χ1n) is 9.03. The number of carbonyl (C=O) groups is 2. The highest BCUT2D eigenvalue weighted by molar-refractivity contribution is 6.30. The Balaban J connectivity index is 1.79. The van der Waals surface area contributed by atoms with Crippen molar-refractivity contribution in [3.05, 3.63) is 64.7 Å². The van der Waals surface area contributed by atoms with E-state index in [9.17, 15) is 9.59 Å². The van der Waals surface area contributed by atoms with Gasteiger partial charge >= 0.3 is 0 Å². The third kappa shape index (κ3) is 2.91. The minimum Gasteiger partial charge on any atom is -0.277 e. The number of hydrogen-bond acceptors (Lipinski definition) is 4. The molecule has 0 saturated carbocycles. The number of hydroxylamine groups is 1. The second-order valence-corrected chi connectivity index (χ2v) is 7.79. The summed E-state index contributed by atoms with van der Waals surface area (Å²) in [5, 5.41) is 2.30. The SMILES string of the molecule is Cc1ccc([C@H]2[C@@H]3C(=O)N(C(C)C)C(=O)[C@@H]3ON2c2ccc(Cl)cc2)cc1. The third-order valence-corrected chi connectivity index (χ3v) is 5.42. The van der Waals surface area contributed by atoms with Gasteiger partial charge in [0.05, 0.1) is 11.7 Å². The minimum atomic E-state index is -0.804. The van der Waals surface area contributed by atoms with Crippen LogP contribution in [0.25, 0.3) is 0 Å². The zero-order valence-electron chi connectivity index (χ0n) is 15.4. The Morgan fingerprint density at radius 2 is 1.59 bits per heavy atom. The van der Waals surface area contributed by atoms with Crippen molar-refractivity contribution in [1.82, 2.24) is 4.90 Å². The van der Waals surface area contributed by atoms with Crippen LogP contribution in [0, 0.1) is 12.8 Å². The van der Waals surface area contributed by atoms with Crippen molar-refractivity contribution in [1.29, 1.82) is 0 Å². The lowest BCUT2D eigenvalue weighted by Gasteiger charge is -2.29. The molecule has 2 aromatic carbocycles. The fraction of sp³-hybridized carbons (Fsp3) is 0.333. The van der Waals surface area contributed by atoms with Crippen molar-refractivity contribution in [3.8, 4) is 0 Å². The number of likely N-dealkylation sites (tertiary alicyclic amines) is 1. The lowest BCUT2D eigenvalue weighted by Crippen LogP contribution is -2.41. The summed E-state index contributed by atoms with van der Waals surface area (Å²) in [5.74, 6) is -1.02. The van der Waals surface area contributed by atoms with Crippen LogP contribution in [0.5, 0.6) is 0 Å². The number of anilines is 1. The fourth-order valence-corrected chi connectivity index (χ4v) is 3.99. The number of aryl methyl sites for hydroxylation is 1. The van der Waals surface area contributed by atoms with Gasteiger partial charge < -0.3 is 0 Å². The molecule has 0 bridgehead atoms. The number of hydrogen-bond donors (Lipinski definition) is 0. The monoisotopic (exact) mass is 384 g/mol. The summed E-state index contributed by atoms with van der Waals surface area (Å²) in [7, 11) is 0. The molecule has 2 amide bonds. The van der Waals surface area contributed by atoms with Gasteiger partial charge in [0.2, 0.25) is 5.91 Å². The van der Waals surface area contributed by atoms with Gasteiger partial charge in [0, 0.05) is 11.1 Å². The Morgan fingerprint density at radius 3 is 2.19 bits per heavy atom. The van der Waals surface area contributed by atoms with Crippen LogP contribution in [-0.2, 0) is 14.4 Å². The Morgan fingerprint density at radius 1 is 0.963 bits per heavy atom. The number of fused-ring (bicyclic) bond motifs is 1. The quantitative estimate of drug-likeness (QED) is 0.753. The van der Waals surface area contributed by atoms with Crippen molar-refractivity contribution in [3.63, 3.8) is 0 Å². The molecule has 0 aromatic heterocycles. The maximum atomic E-state index is 13.1. The first-order valence-corrected chi connectivity index (χ1v) is 9.41.